The van der Waals surface area contributed by atoms with Crippen molar-refractivity contribution in [2.24, 2.45) is 5.10 Å². The van der Waals surface area contributed by atoms with Gasteiger partial charge in [0.2, 0.25) is 0 Å². The predicted octanol–water partition coefficient (Wildman–Crippen LogP) is 3.65. The third-order valence-corrected chi connectivity index (χ3v) is 2.59. The summed E-state index contributed by atoms with van der Waals surface area (Å²) >= 11 is 0. The molecule has 0 atom stereocenters. The van der Waals surface area contributed by atoms with Crippen molar-refractivity contribution in [3.05, 3.63) is 50.6 Å². The number of nitrogens with one attached hydrogen (secondary N) is 1. The number of unbranched alkanes of at least 4 members (excludes halogenated alkanes) is 2. The molecular formula is C13H16N4O4. The van der Waals surface area contributed by atoms with Crippen molar-refractivity contribution in [2.45, 2.75) is 26.2 Å². The first-order valence-corrected chi connectivity index (χ1v) is 6.43. The van der Waals surface area contributed by atoms with Crippen LogP contribution in [0.3, 0.4) is 0 Å². The quantitative estimate of drug-likeness (QED) is 0.340. The minimum atomic E-state index is -0.693. The van der Waals surface area contributed by atoms with Crippen molar-refractivity contribution in [2.75, 3.05) is 5.43 Å². The maximum atomic E-state index is 10.9. The second-order valence-electron chi connectivity index (χ2n) is 4.18. The molecule has 0 aromatic heterocycles. The lowest BCUT2D eigenvalue weighted by atomic mass is 10.2. The van der Waals surface area contributed by atoms with Crippen molar-refractivity contribution < 1.29 is 9.85 Å². The van der Waals surface area contributed by atoms with Crippen LogP contribution in [0.2, 0.25) is 0 Å². The summed E-state index contributed by atoms with van der Waals surface area (Å²) in [6, 6.07) is 3.34. The van der Waals surface area contributed by atoms with Gasteiger partial charge >= 0.3 is 5.69 Å². The number of benzene rings is 1. The summed E-state index contributed by atoms with van der Waals surface area (Å²) in [5, 5.41) is 25.3. The third-order valence-electron chi connectivity index (χ3n) is 2.59. The summed E-state index contributed by atoms with van der Waals surface area (Å²) in [5.74, 6) is 0. The molecule has 0 fully saturated rings. The zero-order chi connectivity index (χ0) is 15.7. The van der Waals surface area contributed by atoms with Crippen LogP contribution in [0, 0.1) is 20.2 Å². The summed E-state index contributed by atoms with van der Waals surface area (Å²) < 4.78 is 0. The van der Waals surface area contributed by atoms with Crippen molar-refractivity contribution in [1.82, 2.24) is 0 Å². The average molecular weight is 292 g/mol. The van der Waals surface area contributed by atoms with Crippen LogP contribution in [0.15, 0.2) is 35.5 Å². The van der Waals surface area contributed by atoms with Gasteiger partial charge in [0, 0.05) is 12.3 Å². The summed E-state index contributed by atoms with van der Waals surface area (Å²) in [6.45, 7) is 2.09. The van der Waals surface area contributed by atoms with E-state index >= 15 is 0 Å². The van der Waals surface area contributed by atoms with Gasteiger partial charge in [-0.15, -0.1) is 0 Å². The minimum absolute atomic E-state index is 0.101. The number of hydrogen-bond acceptors (Lipinski definition) is 6. The Morgan fingerprint density at radius 1 is 1.29 bits per heavy atom. The zero-order valence-electron chi connectivity index (χ0n) is 11.6. The lowest BCUT2D eigenvalue weighted by Crippen LogP contribution is -1.98. The second kappa shape index (κ2) is 8.41. The van der Waals surface area contributed by atoms with E-state index in [1.807, 2.05) is 6.08 Å². The summed E-state index contributed by atoms with van der Waals surface area (Å²) in [6.07, 6.45) is 8.29. The lowest BCUT2D eigenvalue weighted by Gasteiger charge is -2.01. The number of nitro groups is 2. The van der Waals surface area contributed by atoms with Crippen LogP contribution in [0.5, 0.6) is 0 Å². The number of hydrogen-bond donors (Lipinski definition) is 1. The van der Waals surface area contributed by atoms with E-state index in [1.54, 1.807) is 6.08 Å². The second-order valence-corrected chi connectivity index (χ2v) is 4.18. The summed E-state index contributed by atoms with van der Waals surface area (Å²) in [5.41, 5.74) is 1.88. The van der Waals surface area contributed by atoms with Gasteiger partial charge in [0.05, 0.1) is 15.9 Å². The monoisotopic (exact) mass is 292 g/mol. The molecule has 8 nitrogen and oxygen atoms in total. The fraction of sp³-hybridized carbons (Fsp3) is 0.308. The Kier molecular flexibility index (Phi) is 6.52. The molecule has 8 heteroatoms. The van der Waals surface area contributed by atoms with Crippen LogP contribution in [0.4, 0.5) is 17.1 Å². The molecule has 1 N–H and O–H groups in total. The van der Waals surface area contributed by atoms with Gasteiger partial charge in [0.1, 0.15) is 5.69 Å². The minimum Gasteiger partial charge on any atom is -0.272 e. The first-order valence-electron chi connectivity index (χ1n) is 6.43. The maximum Gasteiger partial charge on any atom is 0.301 e. The third kappa shape index (κ3) is 5.39. The molecule has 1 aromatic carbocycles. The van der Waals surface area contributed by atoms with Crippen molar-refractivity contribution >= 4 is 23.3 Å². The van der Waals surface area contributed by atoms with E-state index in [9.17, 15) is 20.2 Å². The van der Waals surface area contributed by atoms with E-state index in [1.165, 1.54) is 18.3 Å². The summed E-state index contributed by atoms with van der Waals surface area (Å²) in [4.78, 5) is 20.1. The molecule has 0 spiro atoms. The number of nitro benzene ring substituents is 2. The Bertz CT molecular complexity index is 569. The highest BCUT2D eigenvalue weighted by molar-refractivity contribution is 5.73. The van der Waals surface area contributed by atoms with Gasteiger partial charge in [0.25, 0.3) is 5.69 Å². The molecular weight excluding hydrogens is 276 g/mol. The van der Waals surface area contributed by atoms with Gasteiger partial charge in [-0.3, -0.25) is 25.7 Å². The van der Waals surface area contributed by atoms with Crippen LogP contribution >= 0.6 is 0 Å². The fourth-order valence-electron chi connectivity index (χ4n) is 1.51. The van der Waals surface area contributed by atoms with E-state index in [0.29, 0.717) is 0 Å². The first kappa shape index (κ1) is 16.3. The van der Waals surface area contributed by atoms with Gasteiger partial charge in [-0.1, -0.05) is 25.8 Å². The van der Waals surface area contributed by atoms with Crippen LogP contribution in [0.1, 0.15) is 26.2 Å². The Labute approximate surface area is 121 Å². The van der Waals surface area contributed by atoms with Crippen molar-refractivity contribution in [3.63, 3.8) is 0 Å². The number of hydrazone groups is 1. The van der Waals surface area contributed by atoms with Crippen LogP contribution < -0.4 is 5.43 Å². The van der Waals surface area contributed by atoms with Gasteiger partial charge in [0.15, 0.2) is 0 Å². The molecule has 0 saturated heterocycles. The molecule has 0 radical (unpaired) electrons. The molecule has 0 heterocycles. The van der Waals surface area contributed by atoms with Gasteiger partial charge < -0.3 is 0 Å². The summed E-state index contributed by atoms with van der Waals surface area (Å²) in [7, 11) is 0. The lowest BCUT2D eigenvalue weighted by molar-refractivity contribution is -0.393. The van der Waals surface area contributed by atoms with E-state index in [4.69, 9.17) is 0 Å². The molecule has 0 aliphatic rings. The number of rotatable bonds is 8. The normalized spacial score (nSPS) is 11.1. The molecule has 0 unspecified atom stereocenters. The highest BCUT2D eigenvalue weighted by Gasteiger charge is 2.18. The smallest absolute Gasteiger partial charge is 0.272 e. The molecule has 0 saturated carbocycles. The predicted molar refractivity (Wildman–Crippen MR) is 80.5 cm³/mol. The van der Waals surface area contributed by atoms with Crippen molar-refractivity contribution in [1.29, 1.82) is 0 Å². The topological polar surface area (TPSA) is 111 Å². The molecule has 0 bridgehead atoms. The highest BCUT2D eigenvalue weighted by atomic mass is 16.6. The molecule has 1 aromatic rings. The van der Waals surface area contributed by atoms with Crippen LogP contribution in [0.25, 0.3) is 0 Å². The molecule has 0 amide bonds. The Balaban J connectivity index is 2.74. The van der Waals surface area contributed by atoms with Gasteiger partial charge in [-0.05, 0) is 18.6 Å². The Hall–Kier alpha value is -2.77. The average Bonchev–Trinajstić information content (AvgIpc) is 2.46. The Morgan fingerprint density at radius 2 is 2.05 bits per heavy atom. The zero-order valence-corrected chi connectivity index (χ0v) is 11.6. The highest BCUT2D eigenvalue weighted by Crippen LogP contribution is 2.28. The number of non-ortho nitro benzene ring substituents is 1. The largest absolute Gasteiger partial charge is 0.301 e. The van der Waals surface area contributed by atoms with E-state index < -0.39 is 15.5 Å². The van der Waals surface area contributed by atoms with E-state index in [-0.39, 0.29) is 11.4 Å². The number of anilines is 1. The maximum absolute atomic E-state index is 10.9. The van der Waals surface area contributed by atoms with E-state index in [2.05, 4.69) is 17.5 Å². The molecule has 21 heavy (non-hydrogen) atoms. The molecule has 112 valence electrons. The van der Waals surface area contributed by atoms with Crippen LogP contribution in [-0.2, 0) is 0 Å². The number of nitrogens with zero attached hydrogens (tertiary/aromatic N) is 3. The Morgan fingerprint density at radius 3 is 2.67 bits per heavy atom. The number of allylic oxidation sites excluding steroid dienone is 2. The van der Waals surface area contributed by atoms with Gasteiger partial charge in [-0.2, -0.15) is 5.10 Å². The molecule has 0 aliphatic heterocycles. The standard InChI is InChI=1S/C13H16N4O4/c1-2-3-4-5-6-9-14-15-12-8-7-11(16(18)19)10-13(12)17(20)21/h5-10,15H,2-4H2,1H3. The fourth-order valence-corrected chi connectivity index (χ4v) is 1.51. The van der Waals surface area contributed by atoms with Crippen LogP contribution in [-0.4, -0.2) is 16.1 Å². The SMILES string of the molecule is CCCCC=CC=NNc1ccc([N+](=O)[O-])cc1[N+](=O)[O-]. The van der Waals surface area contributed by atoms with Gasteiger partial charge in [-0.25, -0.2) is 0 Å². The first-order chi connectivity index (χ1) is 10.1. The molecule has 0 aliphatic carbocycles. The molecule has 1 rings (SSSR count). The van der Waals surface area contributed by atoms with Crippen molar-refractivity contribution in [3.8, 4) is 0 Å². The van der Waals surface area contributed by atoms with E-state index in [0.717, 1.165) is 25.3 Å².